The molecule has 11 heteroatoms. The Balaban J connectivity index is 1.34. The SMILES string of the molecule is COC1CN(Cc2ccn3ncnc(Nc4ccc(Oc5ccnc(N=CN)c5)c(C)c4)c23)CC[C@@H]1N. The van der Waals surface area contributed by atoms with Crippen molar-refractivity contribution < 1.29 is 9.47 Å². The molecule has 11 nitrogen and oxygen atoms in total. The fourth-order valence-electron chi connectivity index (χ4n) is 4.59. The van der Waals surface area contributed by atoms with Gasteiger partial charge in [-0.05, 0) is 54.8 Å². The first-order valence-electron chi connectivity index (χ1n) is 12.1. The van der Waals surface area contributed by atoms with Crippen LogP contribution in [0.5, 0.6) is 11.5 Å². The molecule has 5 rings (SSSR count). The average Bonchev–Trinajstić information content (AvgIpc) is 3.31. The van der Waals surface area contributed by atoms with E-state index in [1.165, 1.54) is 6.34 Å². The number of ether oxygens (including phenoxy) is 2. The quantitative estimate of drug-likeness (QED) is 0.245. The van der Waals surface area contributed by atoms with Crippen LogP contribution in [-0.4, -0.2) is 63.2 Å². The van der Waals surface area contributed by atoms with Gasteiger partial charge in [-0.1, -0.05) is 0 Å². The molecule has 4 heterocycles. The third kappa shape index (κ3) is 5.53. The van der Waals surface area contributed by atoms with E-state index in [1.54, 1.807) is 31.8 Å². The highest BCUT2D eigenvalue weighted by atomic mass is 16.5. The maximum absolute atomic E-state index is 6.20. The third-order valence-electron chi connectivity index (χ3n) is 6.52. The van der Waals surface area contributed by atoms with Crippen LogP contribution < -0.4 is 21.5 Å². The van der Waals surface area contributed by atoms with Crippen LogP contribution in [0.4, 0.5) is 17.3 Å². The summed E-state index contributed by atoms with van der Waals surface area (Å²) in [6.07, 6.45) is 7.28. The molecule has 1 unspecified atom stereocenters. The van der Waals surface area contributed by atoms with Crippen LogP contribution in [-0.2, 0) is 11.3 Å². The second-order valence-electron chi connectivity index (χ2n) is 9.04. The van der Waals surface area contributed by atoms with Gasteiger partial charge in [0.15, 0.2) is 11.6 Å². The van der Waals surface area contributed by atoms with E-state index in [9.17, 15) is 0 Å². The van der Waals surface area contributed by atoms with Crippen LogP contribution in [0.3, 0.4) is 0 Å². The molecule has 0 radical (unpaired) electrons. The smallest absolute Gasteiger partial charge is 0.158 e. The predicted molar refractivity (Wildman–Crippen MR) is 143 cm³/mol. The number of aromatic nitrogens is 4. The Kier molecular flexibility index (Phi) is 7.26. The Morgan fingerprint density at radius 2 is 2.11 bits per heavy atom. The van der Waals surface area contributed by atoms with Crippen molar-refractivity contribution in [2.45, 2.75) is 32.0 Å². The number of methoxy groups -OCH3 is 1. The van der Waals surface area contributed by atoms with Gasteiger partial charge in [-0.2, -0.15) is 5.10 Å². The zero-order valence-electron chi connectivity index (χ0n) is 20.9. The number of aliphatic imine (C=N–C) groups is 1. The van der Waals surface area contributed by atoms with E-state index in [0.717, 1.165) is 60.0 Å². The van der Waals surface area contributed by atoms with E-state index in [4.69, 9.17) is 20.9 Å². The first kappa shape index (κ1) is 24.6. The number of pyridine rings is 1. The van der Waals surface area contributed by atoms with Crippen molar-refractivity contribution in [2.75, 3.05) is 25.5 Å². The summed E-state index contributed by atoms with van der Waals surface area (Å²) in [5, 5.41) is 7.86. The van der Waals surface area contributed by atoms with Gasteiger partial charge in [0.2, 0.25) is 0 Å². The second kappa shape index (κ2) is 10.9. The monoisotopic (exact) mass is 501 g/mol. The number of rotatable bonds is 8. The summed E-state index contributed by atoms with van der Waals surface area (Å²) in [4.78, 5) is 15.0. The molecule has 0 amide bonds. The molecule has 0 spiro atoms. The molecule has 0 bridgehead atoms. The zero-order valence-corrected chi connectivity index (χ0v) is 20.9. The number of nitrogens with one attached hydrogen (secondary N) is 1. The van der Waals surface area contributed by atoms with E-state index in [2.05, 4.69) is 36.3 Å². The Morgan fingerprint density at radius 3 is 2.92 bits per heavy atom. The lowest BCUT2D eigenvalue weighted by atomic mass is 10.0. The normalized spacial score (nSPS) is 18.5. The topological polar surface area (TPSA) is 141 Å². The minimum absolute atomic E-state index is 0.0345. The van der Waals surface area contributed by atoms with Gasteiger partial charge < -0.3 is 26.3 Å². The van der Waals surface area contributed by atoms with E-state index >= 15 is 0 Å². The van der Waals surface area contributed by atoms with Crippen LogP contribution in [0.1, 0.15) is 17.5 Å². The summed E-state index contributed by atoms with van der Waals surface area (Å²) in [6, 6.07) is 11.6. The van der Waals surface area contributed by atoms with Gasteiger partial charge in [-0.3, -0.25) is 4.90 Å². The number of anilines is 2. The molecule has 2 atom stereocenters. The van der Waals surface area contributed by atoms with Crippen molar-refractivity contribution in [3.63, 3.8) is 0 Å². The molecule has 1 saturated heterocycles. The van der Waals surface area contributed by atoms with Gasteiger partial charge >= 0.3 is 0 Å². The van der Waals surface area contributed by atoms with Crippen LogP contribution in [0, 0.1) is 6.92 Å². The van der Waals surface area contributed by atoms with Gasteiger partial charge in [-0.15, -0.1) is 0 Å². The third-order valence-corrected chi connectivity index (χ3v) is 6.52. The molecular formula is C26H31N9O2. The Labute approximate surface area is 215 Å². The highest BCUT2D eigenvalue weighted by Crippen LogP contribution is 2.31. The fourth-order valence-corrected chi connectivity index (χ4v) is 4.59. The Morgan fingerprint density at radius 1 is 1.22 bits per heavy atom. The standard InChI is InChI=1S/C26H31N9O2/c1-17-11-19(3-4-22(17)37-20-5-8-29-24(12-20)30-15-27)33-26-25-18(6-10-35(25)32-16-31-26)13-34-9-7-21(28)23(14-34)36-2/h3-6,8,10-12,15-16,21,23H,7,9,13-14,28H2,1-2H3,(H2,27,29,30)(H,31,32,33)/t21-,23?/m0/s1. The van der Waals surface area contributed by atoms with Crippen LogP contribution >= 0.6 is 0 Å². The van der Waals surface area contributed by atoms with Crippen LogP contribution in [0.15, 0.2) is 60.1 Å². The first-order valence-corrected chi connectivity index (χ1v) is 12.1. The molecule has 1 aromatic carbocycles. The summed E-state index contributed by atoms with van der Waals surface area (Å²) in [5.74, 6) is 2.58. The van der Waals surface area contributed by atoms with Gasteiger partial charge in [0.05, 0.1) is 12.4 Å². The number of piperidine rings is 1. The maximum Gasteiger partial charge on any atom is 0.158 e. The molecule has 1 aliphatic heterocycles. The molecule has 0 saturated carbocycles. The Hall–Kier alpha value is -4.06. The van der Waals surface area contributed by atoms with Crippen molar-refractivity contribution in [1.29, 1.82) is 0 Å². The molecule has 3 aromatic heterocycles. The maximum atomic E-state index is 6.20. The minimum Gasteiger partial charge on any atom is -0.457 e. The number of likely N-dealkylation sites (tertiary alicyclic amines) is 1. The molecule has 4 aromatic rings. The zero-order chi connectivity index (χ0) is 25.8. The minimum atomic E-state index is 0.0345. The van der Waals surface area contributed by atoms with Crippen molar-refractivity contribution in [2.24, 2.45) is 16.5 Å². The fraction of sp³-hybridized carbons (Fsp3) is 0.308. The summed E-state index contributed by atoms with van der Waals surface area (Å²) >= 11 is 0. The average molecular weight is 502 g/mol. The summed E-state index contributed by atoms with van der Waals surface area (Å²) in [7, 11) is 1.72. The lowest BCUT2D eigenvalue weighted by Crippen LogP contribution is -2.51. The van der Waals surface area contributed by atoms with Gasteiger partial charge in [0, 0.05) is 56.9 Å². The molecule has 37 heavy (non-hydrogen) atoms. The van der Waals surface area contributed by atoms with Gasteiger partial charge in [0.1, 0.15) is 23.3 Å². The van der Waals surface area contributed by atoms with Crippen molar-refractivity contribution in [3.8, 4) is 11.5 Å². The summed E-state index contributed by atoms with van der Waals surface area (Å²) in [5.41, 5.74) is 15.5. The number of aryl methyl sites for hydroxylation is 1. The molecule has 1 fully saturated rings. The number of hydrogen-bond acceptors (Lipinski definition) is 9. The highest BCUT2D eigenvalue weighted by molar-refractivity contribution is 5.76. The van der Waals surface area contributed by atoms with Crippen molar-refractivity contribution in [3.05, 3.63) is 66.2 Å². The number of nitrogens with zero attached hydrogens (tertiary/aromatic N) is 6. The number of nitrogens with two attached hydrogens (primary N) is 2. The molecule has 0 aliphatic carbocycles. The first-order chi connectivity index (χ1) is 18.0. The molecule has 192 valence electrons. The molecule has 5 N–H and O–H groups in total. The van der Waals surface area contributed by atoms with Crippen LogP contribution in [0.25, 0.3) is 5.52 Å². The predicted octanol–water partition coefficient (Wildman–Crippen LogP) is 3.14. The lowest BCUT2D eigenvalue weighted by Gasteiger charge is -2.35. The summed E-state index contributed by atoms with van der Waals surface area (Å²) in [6.45, 7) is 4.47. The van der Waals surface area contributed by atoms with Crippen molar-refractivity contribution in [1.82, 2.24) is 24.5 Å². The van der Waals surface area contributed by atoms with E-state index in [0.29, 0.717) is 11.6 Å². The van der Waals surface area contributed by atoms with Gasteiger partial charge in [0.25, 0.3) is 0 Å². The summed E-state index contributed by atoms with van der Waals surface area (Å²) < 4.78 is 13.5. The van der Waals surface area contributed by atoms with Gasteiger partial charge in [-0.25, -0.2) is 19.5 Å². The number of hydrogen-bond donors (Lipinski definition) is 3. The number of fused-ring (bicyclic) bond motifs is 1. The molecular weight excluding hydrogens is 470 g/mol. The Bertz CT molecular complexity index is 1400. The largest absolute Gasteiger partial charge is 0.457 e. The highest BCUT2D eigenvalue weighted by Gasteiger charge is 2.27. The van der Waals surface area contributed by atoms with E-state index < -0.39 is 0 Å². The second-order valence-corrected chi connectivity index (χ2v) is 9.04. The molecule has 1 aliphatic rings. The number of benzene rings is 1. The van der Waals surface area contributed by atoms with Crippen LogP contribution in [0.2, 0.25) is 0 Å². The van der Waals surface area contributed by atoms with E-state index in [1.807, 2.05) is 35.8 Å². The van der Waals surface area contributed by atoms with Crippen molar-refractivity contribution >= 4 is 29.2 Å². The van der Waals surface area contributed by atoms with E-state index in [-0.39, 0.29) is 12.1 Å². The lowest BCUT2D eigenvalue weighted by molar-refractivity contribution is 0.0142.